The molecule has 1 rings (SSSR count). The second-order valence-electron chi connectivity index (χ2n) is 3.83. The van der Waals surface area contributed by atoms with Crippen LogP contribution < -0.4 is 5.32 Å². The fourth-order valence-corrected chi connectivity index (χ4v) is 1.32. The van der Waals surface area contributed by atoms with Crippen LogP contribution in [-0.2, 0) is 16.1 Å². The SMILES string of the molecule is C/C=C/C(=O)C(C)NC(=O)OCc1ccccc1. The quantitative estimate of drug-likeness (QED) is 0.813. The monoisotopic (exact) mass is 247 g/mol. The summed E-state index contributed by atoms with van der Waals surface area (Å²) in [6.45, 7) is 3.56. The highest BCUT2D eigenvalue weighted by Gasteiger charge is 2.13. The molecule has 1 amide bonds. The summed E-state index contributed by atoms with van der Waals surface area (Å²) in [5.74, 6) is -0.158. The molecule has 0 aliphatic carbocycles. The Balaban J connectivity index is 2.36. The summed E-state index contributed by atoms with van der Waals surface area (Å²) in [5, 5.41) is 2.47. The highest BCUT2D eigenvalue weighted by molar-refractivity contribution is 5.95. The fraction of sp³-hybridized carbons (Fsp3) is 0.286. The van der Waals surface area contributed by atoms with E-state index < -0.39 is 12.1 Å². The molecule has 4 heteroatoms. The molecule has 0 bridgehead atoms. The average Bonchev–Trinajstić information content (AvgIpc) is 2.38. The maximum Gasteiger partial charge on any atom is 0.408 e. The Labute approximate surface area is 107 Å². The molecule has 0 heterocycles. The number of carbonyl (C=O) groups is 2. The minimum Gasteiger partial charge on any atom is -0.445 e. The average molecular weight is 247 g/mol. The van der Waals surface area contributed by atoms with Gasteiger partial charge < -0.3 is 10.1 Å². The van der Waals surface area contributed by atoms with Crippen LogP contribution in [0, 0.1) is 0 Å². The van der Waals surface area contributed by atoms with Crippen molar-refractivity contribution < 1.29 is 14.3 Å². The van der Waals surface area contributed by atoms with Crippen LogP contribution in [0.5, 0.6) is 0 Å². The van der Waals surface area contributed by atoms with E-state index in [2.05, 4.69) is 5.32 Å². The number of rotatable bonds is 5. The summed E-state index contributed by atoms with van der Waals surface area (Å²) >= 11 is 0. The van der Waals surface area contributed by atoms with E-state index in [9.17, 15) is 9.59 Å². The summed E-state index contributed by atoms with van der Waals surface area (Å²) in [5.41, 5.74) is 0.903. The van der Waals surface area contributed by atoms with Gasteiger partial charge in [-0.15, -0.1) is 0 Å². The molecular formula is C14H17NO3. The van der Waals surface area contributed by atoms with Crippen molar-refractivity contribution in [1.29, 1.82) is 0 Å². The van der Waals surface area contributed by atoms with E-state index in [0.717, 1.165) is 5.56 Å². The number of hydrogen-bond acceptors (Lipinski definition) is 3. The maximum absolute atomic E-state index is 11.4. The van der Waals surface area contributed by atoms with Gasteiger partial charge in [0.1, 0.15) is 6.61 Å². The molecule has 18 heavy (non-hydrogen) atoms. The number of hydrogen-bond donors (Lipinski definition) is 1. The van der Waals surface area contributed by atoms with Crippen molar-refractivity contribution in [2.75, 3.05) is 0 Å². The molecule has 1 aromatic rings. The van der Waals surface area contributed by atoms with Gasteiger partial charge in [-0.05, 0) is 25.5 Å². The third-order valence-electron chi connectivity index (χ3n) is 2.30. The first-order chi connectivity index (χ1) is 8.63. The van der Waals surface area contributed by atoms with Crippen LogP contribution in [0.25, 0.3) is 0 Å². The number of alkyl carbamates (subject to hydrolysis) is 1. The Bertz CT molecular complexity index is 426. The van der Waals surface area contributed by atoms with Gasteiger partial charge in [-0.1, -0.05) is 36.4 Å². The number of carbonyl (C=O) groups excluding carboxylic acids is 2. The number of amides is 1. The number of allylic oxidation sites excluding steroid dienone is 1. The second kappa shape index (κ2) is 7.27. The fourth-order valence-electron chi connectivity index (χ4n) is 1.32. The van der Waals surface area contributed by atoms with Crippen molar-refractivity contribution in [3.05, 3.63) is 48.0 Å². The van der Waals surface area contributed by atoms with E-state index in [1.807, 2.05) is 30.3 Å². The minimum absolute atomic E-state index is 0.158. The minimum atomic E-state index is -0.593. The number of ether oxygens (including phenoxy) is 1. The zero-order chi connectivity index (χ0) is 13.4. The highest BCUT2D eigenvalue weighted by Crippen LogP contribution is 2.00. The lowest BCUT2D eigenvalue weighted by molar-refractivity contribution is -0.116. The van der Waals surface area contributed by atoms with Crippen molar-refractivity contribution in [2.24, 2.45) is 0 Å². The molecule has 1 unspecified atom stereocenters. The molecule has 1 atom stereocenters. The molecule has 0 saturated carbocycles. The molecule has 0 spiro atoms. The predicted molar refractivity (Wildman–Crippen MR) is 69.0 cm³/mol. The number of ketones is 1. The van der Waals surface area contributed by atoms with Crippen molar-refractivity contribution in [1.82, 2.24) is 5.32 Å². The number of nitrogens with one attached hydrogen (secondary N) is 1. The van der Waals surface area contributed by atoms with Gasteiger partial charge in [-0.3, -0.25) is 4.79 Å². The standard InChI is InChI=1S/C14H17NO3/c1-3-7-13(16)11(2)15-14(17)18-10-12-8-5-4-6-9-12/h3-9,11H,10H2,1-2H3,(H,15,17)/b7-3+. The van der Waals surface area contributed by atoms with Crippen molar-refractivity contribution in [3.63, 3.8) is 0 Å². The largest absolute Gasteiger partial charge is 0.445 e. The first-order valence-corrected chi connectivity index (χ1v) is 5.77. The van der Waals surface area contributed by atoms with Gasteiger partial charge >= 0.3 is 6.09 Å². The van der Waals surface area contributed by atoms with E-state index in [1.54, 1.807) is 19.9 Å². The molecule has 96 valence electrons. The molecule has 0 aliphatic rings. The van der Waals surface area contributed by atoms with Crippen LogP contribution in [-0.4, -0.2) is 17.9 Å². The molecular weight excluding hydrogens is 230 g/mol. The second-order valence-corrected chi connectivity index (χ2v) is 3.83. The summed E-state index contributed by atoms with van der Waals surface area (Å²) in [7, 11) is 0. The Morgan fingerprint density at radius 1 is 1.33 bits per heavy atom. The van der Waals surface area contributed by atoms with E-state index in [1.165, 1.54) is 6.08 Å². The van der Waals surface area contributed by atoms with Gasteiger partial charge in [0, 0.05) is 0 Å². The summed E-state index contributed by atoms with van der Waals surface area (Å²) in [6.07, 6.45) is 2.46. The molecule has 0 aromatic heterocycles. The highest BCUT2D eigenvalue weighted by atomic mass is 16.5. The molecule has 0 aliphatic heterocycles. The Kier molecular flexibility index (Phi) is 5.64. The van der Waals surface area contributed by atoms with Crippen LogP contribution in [0.1, 0.15) is 19.4 Å². The third kappa shape index (κ3) is 4.82. The van der Waals surface area contributed by atoms with Gasteiger partial charge in [0.05, 0.1) is 6.04 Å². The zero-order valence-corrected chi connectivity index (χ0v) is 10.6. The molecule has 0 fully saturated rings. The lowest BCUT2D eigenvalue weighted by Crippen LogP contribution is -2.38. The molecule has 1 N–H and O–H groups in total. The van der Waals surface area contributed by atoms with Crippen LogP contribution in [0.15, 0.2) is 42.5 Å². The topological polar surface area (TPSA) is 55.4 Å². The Morgan fingerprint density at radius 3 is 2.61 bits per heavy atom. The molecule has 0 radical (unpaired) electrons. The summed E-state index contributed by atoms with van der Waals surface area (Å²) < 4.78 is 5.00. The van der Waals surface area contributed by atoms with Gasteiger partial charge in [0.25, 0.3) is 0 Å². The predicted octanol–water partition coefficient (Wildman–Crippen LogP) is 2.45. The van der Waals surface area contributed by atoms with Crippen molar-refractivity contribution >= 4 is 11.9 Å². The van der Waals surface area contributed by atoms with Gasteiger partial charge in [-0.25, -0.2) is 4.79 Å². The molecule has 1 aromatic carbocycles. The van der Waals surface area contributed by atoms with Crippen LogP contribution >= 0.6 is 0 Å². The molecule has 0 saturated heterocycles. The van der Waals surface area contributed by atoms with E-state index in [4.69, 9.17) is 4.74 Å². The third-order valence-corrected chi connectivity index (χ3v) is 2.30. The number of benzene rings is 1. The summed E-state index contributed by atoms with van der Waals surface area (Å²) in [4.78, 5) is 22.8. The van der Waals surface area contributed by atoms with Crippen LogP contribution in [0.3, 0.4) is 0 Å². The zero-order valence-electron chi connectivity index (χ0n) is 10.6. The van der Waals surface area contributed by atoms with Crippen molar-refractivity contribution in [2.45, 2.75) is 26.5 Å². The van der Waals surface area contributed by atoms with Gasteiger partial charge in [0.2, 0.25) is 0 Å². The lowest BCUT2D eigenvalue weighted by Gasteiger charge is -2.11. The first kappa shape index (κ1) is 14.0. The van der Waals surface area contributed by atoms with E-state index in [-0.39, 0.29) is 12.4 Å². The first-order valence-electron chi connectivity index (χ1n) is 5.77. The van der Waals surface area contributed by atoms with Crippen molar-refractivity contribution in [3.8, 4) is 0 Å². The smallest absolute Gasteiger partial charge is 0.408 e. The van der Waals surface area contributed by atoms with E-state index in [0.29, 0.717) is 0 Å². The Morgan fingerprint density at radius 2 is 2.00 bits per heavy atom. The summed E-state index contributed by atoms with van der Waals surface area (Å²) in [6, 6.07) is 8.78. The van der Waals surface area contributed by atoms with Crippen LogP contribution in [0.2, 0.25) is 0 Å². The van der Waals surface area contributed by atoms with E-state index >= 15 is 0 Å². The van der Waals surface area contributed by atoms with Crippen LogP contribution in [0.4, 0.5) is 4.79 Å². The maximum atomic E-state index is 11.4. The molecule has 4 nitrogen and oxygen atoms in total. The van der Waals surface area contributed by atoms with Gasteiger partial charge in [-0.2, -0.15) is 0 Å². The normalized spacial score (nSPS) is 12.1. The van der Waals surface area contributed by atoms with Gasteiger partial charge in [0.15, 0.2) is 5.78 Å². The Hall–Kier alpha value is -2.10. The lowest BCUT2D eigenvalue weighted by atomic mass is 10.2.